The molecule has 0 spiro atoms. The minimum Gasteiger partial charge on any atom is -0.350 e. The van der Waals surface area contributed by atoms with E-state index in [1.54, 1.807) is 0 Å². The molecule has 1 nitrogen and oxygen atoms in total. The van der Waals surface area contributed by atoms with Gasteiger partial charge in [0.15, 0.2) is 0 Å². The summed E-state index contributed by atoms with van der Waals surface area (Å²) in [7, 11) is 3.34. The highest BCUT2D eigenvalue weighted by molar-refractivity contribution is 9.11. The molecule has 0 unspecified atom stereocenters. The predicted molar refractivity (Wildman–Crippen MR) is 65.8 cm³/mol. The SMILES string of the molecule is Cc1ccc(Br)pc1-c1cccn1C. The second-order valence-electron chi connectivity index (χ2n) is 3.30. The zero-order valence-electron chi connectivity index (χ0n) is 8.16. The van der Waals surface area contributed by atoms with E-state index in [0.717, 1.165) is 0 Å². The average molecular weight is 268 g/mol. The van der Waals surface area contributed by atoms with Gasteiger partial charge in [-0.25, -0.2) is 0 Å². The number of hydrogen-bond donors (Lipinski definition) is 0. The number of rotatable bonds is 1. The van der Waals surface area contributed by atoms with Crippen molar-refractivity contribution in [3.63, 3.8) is 0 Å². The van der Waals surface area contributed by atoms with Crippen LogP contribution in [-0.4, -0.2) is 4.57 Å². The summed E-state index contributed by atoms with van der Waals surface area (Å²) in [4.78, 5) is 0. The summed E-state index contributed by atoms with van der Waals surface area (Å²) >= 11 is 3.54. The van der Waals surface area contributed by atoms with Crippen LogP contribution in [-0.2, 0) is 7.05 Å². The lowest BCUT2D eigenvalue weighted by Gasteiger charge is -2.06. The molecule has 0 aliphatic heterocycles. The van der Waals surface area contributed by atoms with E-state index < -0.39 is 0 Å². The van der Waals surface area contributed by atoms with Gasteiger partial charge in [-0.05, 0) is 46.6 Å². The van der Waals surface area contributed by atoms with Crippen LogP contribution in [0.2, 0.25) is 0 Å². The van der Waals surface area contributed by atoms with Gasteiger partial charge in [-0.15, -0.1) is 0 Å². The van der Waals surface area contributed by atoms with Crippen LogP contribution in [0.5, 0.6) is 0 Å². The summed E-state index contributed by atoms with van der Waals surface area (Å²) in [5, 5.41) is 1.38. The lowest BCUT2D eigenvalue weighted by molar-refractivity contribution is 0.938. The van der Waals surface area contributed by atoms with Crippen molar-refractivity contribution >= 4 is 24.1 Å². The van der Waals surface area contributed by atoms with E-state index in [2.05, 4.69) is 64.9 Å². The second kappa shape index (κ2) is 3.88. The van der Waals surface area contributed by atoms with E-state index in [-0.39, 0.29) is 0 Å². The van der Waals surface area contributed by atoms with E-state index in [1.165, 1.54) is 28.9 Å². The van der Waals surface area contributed by atoms with E-state index in [4.69, 9.17) is 0 Å². The summed E-state index contributed by atoms with van der Waals surface area (Å²) in [6.07, 6.45) is 2.08. The molecule has 0 saturated heterocycles. The fourth-order valence-corrected chi connectivity index (χ4v) is 3.10. The van der Waals surface area contributed by atoms with Gasteiger partial charge in [0.2, 0.25) is 0 Å². The van der Waals surface area contributed by atoms with Gasteiger partial charge in [0.05, 0.1) is 5.69 Å². The van der Waals surface area contributed by atoms with Crippen molar-refractivity contribution in [1.29, 1.82) is 0 Å². The van der Waals surface area contributed by atoms with Gasteiger partial charge in [-0.2, -0.15) is 0 Å². The Labute approximate surface area is 94.0 Å². The maximum atomic E-state index is 3.54. The van der Waals surface area contributed by atoms with E-state index >= 15 is 0 Å². The first-order valence-electron chi connectivity index (χ1n) is 4.43. The van der Waals surface area contributed by atoms with Crippen molar-refractivity contribution in [2.24, 2.45) is 7.05 Å². The standard InChI is InChI=1S/C11H11BrNP/c1-8-5-6-10(12)14-11(8)9-4-3-7-13(9)2/h3-7H,1-2H3. The smallest absolute Gasteiger partial charge is 0.0527 e. The zero-order valence-corrected chi connectivity index (χ0v) is 10.6. The van der Waals surface area contributed by atoms with Crippen LogP contribution in [0.1, 0.15) is 5.56 Å². The van der Waals surface area contributed by atoms with Crippen LogP contribution in [0.15, 0.2) is 34.7 Å². The molecule has 3 heteroatoms. The molecule has 0 atom stereocenters. The number of halogens is 1. The summed E-state index contributed by atoms with van der Waals surface area (Å²) < 4.78 is 3.38. The minimum absolute atomic E-state index is 1.22. The quantitative estimate of drug-likeness (QED) is 0.724. The first-order chi connectivity index (χ1) is 6.68. The summed E-state index contributed by atoms with van der Waals surface area (Å²) in [6, 6.07) is 8.51. The van der Waals surface area contributed by atoms with Crippen molar-refractivity contribution < 1.29 is 0 Å². The zero-order chi connectivity index (χ0) is 10.1. The summed E-state index contributed by atoms with van der Waals surface area (Å²) in [5.41, 5.74) is 2.64. The molecule has 0 aromatic carbocycles. The maximum Gasteiger partial charge on any atom is 0.0527 e. The predicted octanol–water partition coefficient (Wildman–Crippen LogP) is 4.34. The first-order valence-corrected chi connectivity index (χ1v) is 6.12. The largest absolute Gasteiger partial charge is 0.350 e. The molecular formula is C11H11BrNP. The Balaban J connectivity index is 2.62. The van der Waals surface area contributed by atoms with Crippen LogP contribution in [0.3, 0.4) is 0 Å². The first kappa shape index (κ1) is 9.95. The molecular weight excluding hydrogens is 257 g/mol. The van der Waals surface area contributed by atoms with Crippen LogP contribution in [0.25, 0.3) is 11.0 Å². The van der Waals surface area contributed by atoms with Crippen molar-refractivity contribution in [3.05, 3.63) is 40.2 Å². The molecule has 72 valence electrons. The summed E-state index contributed by atoms with van der Waals surface area (Å²) in [5.74, 6) is 0. The fraction of sp³-hybridized carbons (Fsp3) is 0.182. The lowest BCUT2D eigenvalue weighted by atomic mass is 10.2. The van der Waals surface area contributed by atoms with Crippen molar-refractivity contribution in [2.75, 3.05) is 0 Å². The summed E-state index contributed by atoms with van der Waals surface area (Å²) in [6.45, 7) is 2.16. The van der Waals surface area contributed by atoms with Gasteiger partial charge >= 0.3 is 0 Å². The van der Waals surface area contributed by atoms with E-state index in [0.29, 0.717) is 0 Å². The van der Waals surface area contributed by atoms with Crippen LogP contribution < -0.4 is 0 Å². The van der Waals surface area contributed by atoms with Gasteiger partial charge in [-0.3, -0.25) is 0 Å². The average Bonchev–Trinajstić information content (AvgIpc) is 2.56. The molecule has 0 radical (unpaired) electrons. The molecule has 2 aromatic heterocycles. The molecule has 14 heavy (non-hydrogen) atoms. The van der Waals surface area contributed by atoms with Gasteiger partial charge < -0.3 is 4.57 Å². The molecule has 0 saturated carbocycles. The monoisotopic (exact) mass is 267 g/mol. The minimum atomic E-state index is 1.22. The van der Waals surface area contributed by atoms with Gasteiger partial charge in [0.25, 0.3) is 0 Å². The highest BCUT2D eigenvalue weighted by Gasteiger charge is 2.05. The lowest BCUT2D eigenvalue weighted by Crippen LogP contribution is -1.89. The molecule has 2 rings (SSSR count). The molecule has 0 amide bonds. The second-order valence-corrected chi connectivity index (χ2v) is 5.92. The third kappa shape index (κ3) is 1.77. The van der Waals surface area contributed by atoms with Gasteiger partial charge in [0.1, 0.15) is 0 Å². The normalized spacial score (nSPS) is 11.1. The van der Waals surface area contributed by atoms with Crippen LogP contribution in [0.4, 0.5) is 0 Å². The Morgan fingerprint density at radius 2 is 2.07 bits per heavy atom. The van der Waals surface area contributed by atoms with E-state index in [1.807, 2.05) is 0 Å². The highest BCUT2D eigenvalue weighted by Crippen LogP contribution is 2.36. The highest BCUT2D eigenvalue weighted by atomic mass is 79.9. The molecule has 2 aromatic rings. The number of nitrogens with zero attached hydrogens (tertiary/aromatic N) is 1. The van der Waals surface area contributed by atoms with Crippen LogP contribution in [0, 0.1) is 6.92 Å². The van der Waals surface area contributed by atoms with Gasteiger partial charge in [0, 0.05) is 22.7 Å². The number of hydrogen-bond acceptors (Lipinski definition) is 0. The third-order valence-electron chi connectivity index (χ3n) is 2.25. The maximum absolute atomic E-state index is 3.54. The molecule has 0 aliphatic rings. The molecule has 0 fully saturated rings. The Hall–Kier alpha value is -0.590. The Bertz CT molecular complexity index is 462. The van der Waals surface area contributed by atoms with Gasteiger partial charge in [-0.1, -0.05) is 14.3 Å². The van der Waals surface area contributed by atoms with Crippen molar-refractivity contribution in [3.8, 4) is 11.0 Å². The Kier molecular flexibility index (Phi) is 2.76. The van der Waals surface area contributed by atoms with Crippen molar-refractivity contribution in [2.45, 2.75) is 6.92 Å². The van der Waals surface area contributed by atoms with Crippen molar-refractivity contribution in [1.82, 2.24) is 4.57 Å². The molecule has 2 heterocycles. The Morgan fingerprint density at radius 3 is 2.71 bits per heavy atom. The fourth-order valence-electron chi connectivity index (χ4n) is 1.47. The van der Waals surface area contributed by atoms with Crippen LogP contribution >= 0.6 is 24.1 Å². The molecule has 0 bridgehead atoms. The molecule has 0 N–H and O–H groups in total. The Morgan fingerprint density at radius 1 is 1.29 bits per heavy atom. The molecule has 0 aliphatic carbocycles. The number of aromatic nitrogens is 1. The van der Waals surface area contributed by atoms with E-state index in [9.17, 15) is 0 Å². The number of aryl methyl sites for hydroxylation is 2. The third-order valence-corrected chi connectivity index (χ3v) is 4.21. The topological polar surface area (TPSA) is 4.93 Å².